The van der Waals surface area contributed by atoms with Crippen molar-refractivity contribution in [1.82, 2.24) is 10.3 Å². The van der Waals surface area contributed by atoms with Gasteiger partial charge in [0, 0.05) is 13.0 Å². The molecule has 0 aliphatic carbocycles. The van der Waals surface area contributed by atoms with Gasteiger partial charge < -0.3 is 14.8 Å². The molecule has 0 saturated carbocycles. The standard InChI is InChI=1S/C17H19ClN2O3/c1-11-4-6-16(15(18)8-11)23-14-5-7-17(19-9-14)22-10-12(2)20-13(3)21/h4-9,12H,10H2,1-3H3,(H,20,21). The predicted molar refractivity (Wildman–Crippen MR) is 89.3 cm³/mol. The third-order valence-corrected chi connectivity index (χ3v) is 3.25. The normalized spacial score (nSPS) is 11.7. The van der Waals surface area contributed by atoms with Crippen molar-refractivity contribution in [1.29, 1.82) is 0 Å². The lowest BCUT2D eigenvalue weighted by atomic mass is 10.2. The first kappa shape index (κ1) is 17.1. The van der Waals surface area contributed by atoms with E-state index in [0.717, 1.165) is 5.56 Å². The van der Waals surface area contributed by atoms with Gasteiger partial charge in [0.15, 0.2) is 0 Å². The van der Waals surface area contributed by atoms with Gasteiger partial charge in [-0.1, -0.05) is 17.7 Å². The number of aryl methyl sites for hydroxylation is 1. The Bertz CT molecular complexity index is 674. The fourth-order valence-corrected chi connectivity index (χ4v) is 2.20. The van der Waals surface area contributed by atoms with E-state index in [1.54, 1.807) is 18.3 Å². The molecule has 0 spiro atoms. The van der Waals surface area contributed by atoms with Gasteiger partial charge in [-0.05, 0) is 37.6 Å². The van der Waals surface area contributed by atoms with Crippen LogP contribution < -0.4 is 14.8 Å². The number of rotatable bonds is 6. The number of ether oxygens (including phenoxy) is 2. The van der Waals surface area contributed by atoms with Gasteiger partial charge in [-0.2, -0.15) is 0 Å². The van der Waals surface area contributed by atoms with Crippen molar-refractivity contribution in [2.45, 2.75) is 26.8 Å². The molecule has 6 heteroatoms. The summed E-state index contributed by atoms with van der Waals surface area (Å²) in [5.41, 5.74) is 1.07. The minimum Gasteiger partial charge on any atom is -0.475 e. The molecular formula is C17H19ClN2O3. The minimum atomic E-state index is -0.0900. The van der Waals surface area contributed by atoms with Crippen LogP contribution in [0.3, 0.4) is 0 Å². The molecule has 0 aliphatic heterocycles. The van der Waals surface area contributed by atoms with Crippen LogP contribution >= 0.6 is 11.6 Å². The second-order valence-corrected chi connectivity index (χ2v) is 5.69. The second kappa shape index (κ2) is 7.83. The Morgan fingerprint density at radius 2 is 2.13 bits per heavy atom. The van der Waals surface area contributed by atoms with E-state index >= 15 is 0 Å². The van der Waals surface area contributed by atoms with E-state index in [4.69, 9.17) is 21.1 Å². The fraction of sp³-hybridized carbons (Fsp3) is 0.294. The summed E-state index contributed by atoms with van der Waals surface area (Å²) in [6, 6.07) is 8.95. The summed E-state index contributed by atoms with van der Waals surface area (Å²) in [6.07, 6.45) is 1.56. The lowest BCUT2D eigenvalue weighted by Gasteiger charge is -2.13. The lowest BCUT2D eigenvalue weighted by molar-refractivity contribution is -0.119. The molecule has 1 atom stereocenters. The molecule has 5 nitrogen and oxygen atoms in total. The first-order valence-electron chi connectivity index (χ1n) is 7.24. The number of hydrogen-bond acceptors (Lipinski definition) is 4. The molecule has 0 aliphatic rings. The molecule has 1 aromatic heterocycles. The summed E-state index contributed by atoms with van der Waals surface area (Å²) in [4.78, 5) is 15.1. The Balaban J connectivity index is 1.93. The number of nitrogens with zero attached hydrogens (tertiary/aromatic N) is 1. The number of benzene rings is 1. The number of amides is 1. The molecule has 0 saturated heterocycles. The summed E-state index contributed by atoms with van der Waals surface area (Å²) in [5, 5.41) is 3.29. The maximum atomic E-state index is 10.9. The van der Waals surface area contributed by atoms with Gasteiger partial charge in [-0.25, -0.2) is 4.98 Å². The van der Waals surface area contributed by atoms with E-state index in [9.17, 15) is 4.79 Å². The Kier molecular flexibility index (Phi) is 5.82. The first-order valence-corrected chi connectivity index (χ1v) is 7.62. The van der Waals surface area contributed by atoms with Crippen molar-refractivity contribution in [2.24, 2.45) is 0 Å². The second-order valence-electron chi connectivity index (χ2n) is 5.28. The van der Waals surface area contributed by atoms with E-state index in [0.29, 0.717) is 29.0 Å². The number of hydrogen-bond donors (Lipinski definition) is 1. The van der Waals surface area contributed by atoms with Crippen LogP contribution in [0.1, 0.15) is 19.4 Å². The molecule has 2 rings (SSSR count). The average molecular weight is 335 g/mol. The van der Waals surface area contributed by atoms with Crippen LogP contribution in [0.25, 0.3) is 0 Å². The SMILES string of the molecule is CC(=O)NC(C)COc1ccc(Oc2ccc(C)cc2Cl)cn1. The molecule has 1 unspecified atom stereocenters. The third kappa shape index (κ3) is 5.45. The lowest BCUT2D eigenvalue weighted by Crippen LogP contribution is -2.35. The molecule has 0 radical (unpaired) electrons. The third-order valence-electron chi connectivity index (χ3n) is 2.96. The molecule has 1 heterocycles. The molecule has 0 bridgehead atoms. The highest BCUT2D eigenvalue weighted by atomic mass is 35.5. The van der Waals surface area contributed by atoms with Crippen LogP contribution in [0.5, 0.6) is 17.4 Å². The highest BCUT2D eigenvalue weighted by molar-refractivity contribution is 6.32. The van der Waals surface area contributed by atoms with Crippen LogP contribution in [-0.2, 0) is 4.79 Å². The topological polar surface area (TPSA) is 60.5 Å². The maximum Gasteiger partial charge on any atom is 0.217 e. The van der Waals surface area contributed by atoms with Gasteiger partial charge >= 0.3 is 0 Å². The summed E-state index contributed by atoms with van der Waals surface area (Å²) in [5.74, 6) is 1.52. The number of pyridine rings is 1. The van der Waals surface area contributed by atoms with E-state index in [2.05, 4.69) is 10.3 Å². The molecule has 23 heavy (non-hydrogen) atoms. The van der Waals surface area contributed by atoms with E-state index in [1.807, 2.05) is 32.0 Å². The number of carbonyl (C=O) groups is 1. The summed E-state index contributed by atoms with van der Waals surface area (Å²) >= 11 is 6.13. The first-order chi connectivity index (χ1) is 10.9. The highest BCUT2D eigenvalue weighted by Gasteiger charge is 2.07. The maximum absolute atomic E-state index is 10.9. The van der Waals surface area contributed by atoms with Crippen LogP contribution in [0.15, 0.2) is 36.5 Å². The van der Waals surface area contributed by atoms with Gasteiger partial charge in [0.25, 0.3) is 0 Å². The Morgan fingerprint density at radius 3 is 2.74 bits per heavy atom. The van der Waals surface area contributed by atoms with Gasteiger partial charge in [-0.3, -0.25) is 4.79 Å². The Labute approximate surface area is 140 Å². The minimum absolute atomic E-state index is 0.0865. The van der Waals surface area contributed by atoms with Crippen LogP contribution in [0, 0.1) is 6.92 Å². The molecule has 1 aromatic carbocycles. The van der Waals surface area contributed by atoms with Gasteiger partial charge in [-0.15, -0.1) is 0 Å². The molecular weight excluding hydrogens is 316 g/mol. The van der Waals surface area contributed by atoms with Crippen LogP contribution in [0.2, 0.25) is 5.02 Å². The summed E-state index contributed by atoms with van der Waals surface area (Å²) in [6.45, 7) is 5.64. The van der Waals surface area contributed by atoms with E-state index in [-0.39, 0.29) is 11.9 Å². The Hall–Kier alpha value is -2.27. The van der Waals surface area contributed by atoms with Crippen molar-refractivity contribution in [3.05, 3.63) is 47.1 Å². The molecule has 122 valence electrons. The fourth-order valence-electron chi connectivity index (χ4n) is 1.93. The van der Waals surface area contributed by atoms with Gasteiger partial charge in [0.05, 0.1) is 17.3 Å². The molecule has 2 aromatic rings. The zero-order chi connectivity index (χ0) is 16.8. The predicted octanol–water partition coefficient (Wildman–Crippen LogP) is 3.74. The summed E-state index contributed by atoms with van der Waals surface area (Å²) < 4.78 is 11.2. The van der Waals surface area contributed by atoms with Gasteiger partial charge in [0.2, 0.25) is 11.8 Å². The molecule has 1 amide bonds. The number of aromatic nitrogens is 1. The quantitative estimate of drug-likeness (QED) is 0.874. The molecule has 0 fully saturated rings. The van der Waals surface area contributed by atoms with Gasteiger partial charge in [0.1, 0.15) is 18.1 Å². The number of carbonyl (C=O) groups excluding carboxylic acids is 1. The highest BCUT2D eigenvalue weighted by Crippen LogP contribution is 2.30. The average Bonchev–Trinajstić information content (AvgIpc) is 2.49. The largest absolute Gasteiger partial charge is 0.475 e. The zero-order valence-electron chi connectivity index (χ0n) is 13.3. The number of nitrogens with one attached hydrogen (secondary N) is 1. The van der Waals surface area contributed by atoms with Crippen LogP contribution in [-0.4, -0.2) is 23.5 Å². The van der Waals surface area contributed by atoms with Crippen molar-refractivity contribution >= 4 is 17.5 Å². The van der Waals surface area contributed by atoms with Crippen LogP contribution in [0.4, 0.5) is 0 Å². The van der Waals surface area contributed by atoms with Crippen molar-refractivity contribution < 1.29 is 14.3 Å². The Morgan fingerprint density at radius 1 is 1.35 bits per heavy atom. The van der Waals surface area contributed by atoms with Crippen molar-refractivity contribution in [3.63, 3.8) is 0 Å². The number of halogens is 1. The zero-order valence-corrected chi connectivity index (χ0v) is 14.1. The molecule has 1 N–H and O–H groups in total. The van der Waals surface area contributed by atoms with E-state index in [1.165, 1.54) is 6.92 Å². The smallest absolute Gasteiger partial charge is 0.217 e. The van der Waals surface area contributed by atoms with E-state index < -0.39 is 0 Å². The van der Waals surface area contributed by atoms with Crippen molar-refractivity contribution in [2.75, 3.05) is 6.61 Å². The monoisotopic (exact) mass is 334 g/mol. The summed E-state index contributed by atoms with van der Waals surface area (Å²) in [7, 11) is 0. The van der Waals surface area contributed by atoms with Crippen molar-refractivity contribution in [3.8, 4) is 17.4 Å².